The lowest BCUT2D eigenvalue weighted by Gasteiger charge is -2.31. The Labute approximate surface area is 169 Å². The van der Waals surface area contributed by atoms with E-state index in [2.05, 4.69) is 22.6 Å². The van der Waals surface area contributed by atoms with Gasteiger partial charge in [0.15, 0.2) is 0 Å². The fraction of sp³-hybridized carbons (Fsp3) is 0.500. The summed E-state index contributed by atoms with van der Waals surface area (Å²) in [7, 11) is -3.41. The molecule has 0 N–H and O–H groups in total. The second-order valence-electron chi connectivity index (χ2n) is 7.26. The van der Waals surface area contributed by atoms with E-state index in [4.69, 9.17) is 4.74 Å². The molecule has 0 spiro atoms. The van der Waals surface area contributed by atoms with Crippen LogP contribution in [0.25, 0.3) is 0 Å². The Kier molecular flexibility index (Phi) is 6.60. The molecule has 1 heterocycles. The number of nitrogens with zero attached hydrogens (tertiary/aromatic N) is 2. The average Bonchev–Trinajstić information content (AvgIpc) is 2.51. The van der Waals surface area contributed by atoms with Crippen molar-refractivity contribution in [2.24, 2.45) is 0 Å². The number of anilines is 1. The lowest BCUT2D eigenvalue weighted by Crippen LogP contribution is -2.40. The van der Waals surface area contributed by atoms with Crippen molar-refractivity contribution in [1.82, 2.24) is 4.90 Å². The largest absolute Gasteiger partial charge is 0.444 e. The Morgan fingerprint density at radius 1 is 1.31 bits per heavy atom. The summed E-state index contributed by atoms with van der Waals surface area (Å²) in [6.07, 6.45) is 3.41. The molecule has 1 amide bonds. The predicted octanol–water partition coefficient (Wildman–Crippen LogP) is 3.62. The van der Waals surface area contributed by atoms with Crippen LogP contribution in [0.5, 0.6) is 0 Å². The minimum Gasteiger partial charge on any atom is -0.444 e. The van der Waals surface area contributed by atoms with Crippen molar-refractivity contribution in [1.29, 1.82) is 0 Å². The second kappa shape index (κ2) is 8.16. The Morgan fingerprint density at radius 3 is 2.46 bits per heavy atom. The SMILES string of the molecule is CC(C)(C)OC(=O)N1CC=C(CN(c2ccccc2I)S(C)(=O)=O)CC1. The molecule has 1 aliphatic rings. The minimum absolute atomic E-state index is 0.293. The van der Waals surface area contributed by atoms with Gasteiger partial charge < -0.3 is 9.64 Å². The van der Waals surface area contributed by atoms with Crippen molar-refractivity contribution in [2.45, 2.75) is 32.8 Å². The summed E-state index contributed by atoms with van der Waals surface area (Å²) in [4.78, 5) is 13.8. The Morgan fingerprint density at radius 2 is 1.96 bits per heavy atom. The molecule has 0 radical (unpaired) electrons. The number of para-hydroxylation sites is 1. The highest BCUT2D eigenvalue weighted by Crippen LogP contribution is 2.26. The van der Waals surface area contributed by atoms with E-state index >= 15 is 0 Å². The Bertz CT molecular complexity index is 800. The number of rotatable bonds is 4. The smallest absolute Gasteiger partial charge is 0.410 e. The number of sulfonamides is 1. The van der Waals surface area contributed by atoms with E-state index in [0.29, 0.717) is 31.7 Å². The summed E-state index contributed by atoms with van der Waals surface area (Å²) >= 11 is 2.14. The highest BCUT2D eigenvalue weighted by atomic mass is 127. The Hall–Kier alpha value is -1.29. The van der Waals surface area contributed by atoms with Gasteiger partial charge in [-0.1, -0.05) is 23.8 Å². The van der Waals surface area contributed by atoms with Crippen molar-refractivity contribution in [3.63, 3.8) is 0 Å². The molecule has 0 saturated carbocycles. The number of benzene rings is 1. The maximum Gasteiger partial charge on any atom is 0.410 e. The lowest BCUT2D eigenvalue weighted by molar-refractivity contribution is 0.0266. The van der Waals surface area contributed by atoms with Gasteiger partial charge in [-0.2, -0.15) is 0 Å². The molecular formula is C18H25IN2O4S. The molecule has 0 unspecified atom stereocenters. The summed E-state index contributed by atoms with van der Waals surface area (Å²) in [5.74, 6) is 0. The predicted molar refractivity (Wildman–Crippen MR) is 112 cm³/mol. The fourth-order valence-electron chi connectivity index (χ4n) is 2.57. The number of carbonyl (C=O) groups excluding carboxylic acids is 1. The van der Waals surface area contributed by atoms with Crippen molar-refractivity contribution < 1.29 is 17.9 Å². The van der Waals surface area contributed by atoms with Crippen molar-refractivity contribution in [2.75, 3.05) is 30.2 Å². The maximum atomic E-state index is 12.3. The van der Waals surface area contributed by atoms with Gasteiger partial charge in [0.05, 0.1) is 18.5 Å². The number of halogens is 1. The van der Waals surface area contributed by atoms with Gasteiger partial charge in [0, 0.05) is 16.7 Å². The quantitative estimate of drug-likeness (QED) is 0.476. The fourth-order valence-corrected chi connectivity index (χ4v) is 4.33. The van der Waals surface area contributed by atoms with Crippen molar-refractivity contribution >= 4 is 44.4 Å². The highest BCUT2D eigenvalue weighted by Gasteiger charge is 2.26. The van der Waals surface area contributed by atoms with Crippen LogP contribution in [0, 0.1) is 3.57 Å². The van der Waals surface area contributed by atoms with Crippen LogP contribution >= 0.6 is 22.6 Å². The number of hydrogen-bond donors (Lipinski definition) is 0. The van der Waals surface area contributed by atoms with Gasteiger partial charge >= 0.3 is 6.09 Å². The first kappa shape index (κ1) is 21.0. The molecule has 6 nitrogen and oxygen atoms in total. The number of amides is 1. The second-order valence-corrected chi connectivity index (χ2v) is 10.3. The van der Waals surface area contributed by atoms with Crippen LogP contribution in [0.1, 0.15) is 27.2 Å². The molecule has 8 heteroatoms. The van der Waals surface area contributed by atoms with Gasteiger partial charge in [-0.3, -0.25) is 4.31 Å². The maximum absolute atomic E-state index is 12.3. The molecule has 2 rings (SSSR count). The zero-order chi connectivity index (χ0) is 19.5. The van der Waals surface area contributed by atoms with E-state index in [9.17, 15) is 13.2 Å². The van der Waals surface area contributed by atoms with Crippen LogP contribution in [0.3, 0.4) is 0 Å². The summed E-state index contributed by atoms with van der Waals surface area (Å²) in [5, 5.41) is 0. The summed E-state index contributed by atoms with van der Waals surface area (Å²) in [6, 6.07) is 7.40. The topological polar surface area (TPSA) is 66.9 Å². The first-order valence-electron chi connectivity index (χ1n) is 8.35. The summed E-state index contributed by atoms with van der Waals surface area (Å²) in [6.45, 7) is 6.74. The van der Waals surface area contributed by atoms with E-state index in [0.717, 1.165) is 9.14 Å². The van der Waals surface area contributed by atoms with Crippen LogP contribution in [-0.2, 0) is 14.8 Å². The highest BCUT2D eigenvalue weighted by molar-refractivity contribution is 14.1. The molecule has 1 aromatic carbocycles. The van der Waals surface area contributed by atoms with Gasteiger partial charge in [-0.05, 0) is 61.9 Å². The monoisotopic (exact) mass is 492 g/mol. The van der Waals surface area contributed by atoms with Crippen molar-refractivity contribution in [3.8, 4) is 0 Å². The van der Waals surface area contributed by atoms with E-state index in [1.807, 2.05) is 45.0 Å². The van der Waals surface area contributed by atoms with Gasteiger partial charge in [-0.15, -0.1) is 0 Å². The van der Waals surface area contributed by atoms with Gasteiger partial charge in [0.25, 0.3) is 0 Å². The first-order valence-corrected chi connectivity index (χ1v) is 11.3. The van der Waals surface area contributed by atoms with Crippen LogP contribution < -0.4 is 4.31 Å². The molecule has 0 fully saturated rings. The molecule has 0 aromatic heterocycles. The first-order chi connectivity index (χ1) is 12.0. The Balaban J connectivity index is 2.12. The zero-order valence-electron chi connectivity index (χ0n) is 15.5. The van der Waals surface area contributed by atoms with E-state index in [1.54, 1.807) is 11.0 Å². The van der Waals surface area contributed by atoms with E-state index < -0.39 is 15.6 Å². The standard InChI is InChI=1S/C18H25IN2O4S/c1-18(2,3)25-17(22)20-11-9-14(10-12-20)13-21(26(4,23)24)16-8-6-5-7-15(16)19/h5-9H,10-13H2,1-4H3. The summed E-state index contributed by atoms with van der Waals surface area (Å²) in [5.41, 5.74) is 1.14. The van der Waals surface area contributed by atoms with Crippen LogP contribution in [-0.4, -0.2) is 50.9 Å². The molecule has 0 atom stereocenters. The van der Waals surface area contributed by atoms with Crippen LogP contribution in [0.4, 0.5) is 10.5 Å². The van der Waals surface area contributed by atoms with Crippen molar-refractivity contribution in [3.05, 3.63) is 39.5 Å². The minimum atomic E-state index is -3.41. The molecule has 1 aliphatic heterocycles. The number of ether oxygens (including phenoxy) is 1. The van der Waals surface area contributed by atoms with Gasteiger partial charge in [0.1, 0.15) is 5.60 Å². The number of carbonyl (C=O) groups is 1. The third kappa shape index (κ3) is 5.87. The van der Waals surface area contributed by atoms with Gasteiger partial charge in [-0.25, -0.2) is 13.2 Å². The third-order valence-corrected chi connectivity index (χ3v) is 5.86. The van der Waals surface area contributed by atoms with Crippen LogP contribution in [0.15, 0.2) is 35.9 Å². The zero-order valence-corrected chi connectivity index (χ0v) is 18.5. The normalized spacial score (nSPS) is 15.4. The molecule has 144 valence electrons. The van der Waals surface area contributed by atoms with Gasteiger partial charge in [0.2, 0.25) is 10.0 Å². The molecule has 26 heavy (non-hydrogen) atoms. The molecule has 0 bridgehead atoms. The molecular weight excluding hydrogens is 467 g/mol. The summed E-state index contributed by atoms with van der Waals surface area (Å²) < 4.78 is 32.3. The molecule has 1 aromatic rings. The lowest BCUT2D eigenvalue weighted by atomic mass is 10.1. The third-order valence-electron chi connectivity index (χ3n) is 3.82. The molecule has 0 aliphatic carbocycles. The number of hydrogen-bond acceptors (Lipinski definition) is 4. The average molecular weight is 492 g/mol. The van der Waals surface area contributed by atoms with E-state index in [1.165, 1.54) is 10.6 Å². The van der Waals surface area contributed by atoms with E-state index in [-0.39, 0.29) is 6.09 Å². The molecule has 0 saturated heterocycles. The van der Waals surface area contributed by atoms with Crippen LogP contribution in [0.2, 0.25) is 0 Å².